The molecule has 0 aliphatic heterocycles. The zero-order valence-corrected chi connectivity index (χ0v) is 24.4. The highest BCUT2D eigenvalue weighted by atomic mass is 19.1. The average Bonchev–Trinajstić information content (AvgIpc) is 3.84. The number of halogens is 3. The summed E-state index contributed by atoms with van der Waals surface area (Å²) in [6, 6.07) is 16.0. The fourth-order valence-electron chi connectivity index (χ4n) is 4.72. The van der Waals surface area contributed by atoms with Crippen molar-refractivity contribution in [1.82, 2.24) is 10.3 Å². The van der Waals surface area contributed by atoms with Crippen LogP contribution in [0.3, 0.4) is 0 Å². The lowest BCUT2D eigenvalue weighted by molar-refractivity contribution is -0.385. The summed E-state index contributed by atoms with van der Waals surface area (Å²) in [6.45, 7) is 0. The molecule has 1 aromatic heterocycles. The van der Waals surface area contributed by atoms with Crippen LogP contribution >= 0.6 is 0 Å². The minimum atomic E-state index is -1.18. The molecule has 0 spiro atoms. The van der Waals surface area contributed by atoms with Crippen molar-refractivity contribution in [3.05, 3.63) is 118 Å². The highest BCUT2D eigenvalue weighted by molar-refractivity contribution is 6.05. The molecule has 0 atom stereocenters. The van der Waals surface area contributed by atoms with Gasteiger partial charge in [0.1, 0.15) is 17.1 Å². The molecule has 1 saturated carbocycles. The number of ether oxygens (including phenoxy) is 3. The van der Waals surface area contributed by atoms with Gasteiger partial charge in [-0.25, -0.2) is 13.2 Å². The fourth-order valence-corrected chi connectivity index (χ4v) is 4.72. The van der Waals surface area contributed by atoms with Crippen LogP contribution in [0, 0.1) is 27.6 Å². The van der Waals surface area contributed by atoms with Crippen molar-refractivity contribution in [2.75, 3.05) is 12.4 Å². The van der Waals surface area contributed by atoms with Crippen molar-refractivity contribution in [2.45, 2.75) is 18.4 Å². The number of hydrogen-bond donors (Lipinski definition) is 2. The summed E-state index contributed by atoms with van der Waals surface area (Å²) < 4.78 is 59.9. The topological polar surface area (TPSA) is 142 Å². The third-order valence-corrected chi connectivity index (χ3v) is 7.39. The number of benzene rings is 4. The molecular weight excluding hydrogens is 621 g/mol. The van der Waals surface area contributed by atoms with E-state index in [0.717, 1.165) is 36.4 Å². The van der Waals surface area contributed by atoms with Crippen LogP contribution in [-0.2, 0) is 4.79 Å². The van der Waals surface area contributed by atoms with Crippen molar-refractivity contribution < 1.29 is 41.9 Å². The number of anilines is 1. The van der Waals surface area contributed by atoms with Crippen molar-refractivity contribution in [2.24, 2.45) is 0 Å². The van der Waals surface area contributed by atoms with Gasteiger partial charge in [-0.3, -0.25) is 24.7 Å². The van der Waals surface area contributed by atoms with E-state index in [-0.39, 0.29) is 40.0 Å². The maximum Gasteiger partial charge on any atom is 0.272 e. The Kier molecular flexibility index (Phi) is 8.07. The van der Waals surface area contributed by atoms with Crippen LogP contribution in [0.25, 0.3) is 10.9 Å². The van der Waals surface area contributed by atoms with Gasteiger partial charge < -0.3 is 24.8 Å². The zero-order chi connectivity index (χ0) is 33.3. The van der Waals surface area contributed by atoms with Crippen LogP contribution in [0.2, 0.25) is 0 Å². The standard InChI is InChI=1S/C33H23F3N4O7/c1-45-29-17-25-22(16-30(29)47-28-9-7-21(40(43)44)15-24(28)36)26(10-13-37-25)46-27-8-6-20(14-23(27)35)38-32(42)33(11-12-33)39-31(41)18-2-4-19(34)5-3-18/h2-10,13-17H,11-12H2,1H3,(H,38,42)(H,39,41). The minimum absolute atomic E-state index is 0.0321. The lowest BCUT2D eigenvalue weighted by Gasteiger charge is -2.18. The first-order valence-electron chi connectivity index (χ1n) is 14.0. The van der Waals surface area contributed by atoms with Crippen molar-refractivity contribution >= 4 is 34.1 Å². The van der Waals surface area contributed by atoms with E-state index in [9.17, 15) is 28.5 Å². The van der Waals surface area contributed by atoms with Crippen molar-refractivity contribution in [3.8, 4) is 28.7 Å². The number of nitro benzene ring substituents is 1. The first kappa shape index (κ1) is 30.8. The number of hydrogen-bond acceptors (Lipinski definition) is 8. The molecule has 1 fully saturated rings. The number of carbonyl (C=O) groups excluding carboxylic acids is 2. The van der Waals surface area contributed by atoms with E-state index in [4.69, 9.17) is 14.2 Å². The molecule has 238 valence electrons. The third-order valence-electron chi connectivity index (χ3n) is 7.39. The quantitative estimate of drug-likeness (QED) is 0.122. The molecule has 4 aromatic carbocycles. The molecule has 2 amide bonds. The van der Waals surface area contributed by atoms with Gasteiger partial charge >= 0.3 is 0 Å². The molecule has 2 N–H and O–H groups in total. The second-order valence-corrected chi connectivity index (χ2v) is 10.5. The number of aromatic nitrogens is 1. The Morgan fingerprint density at radius 3 is 2.15 bits per heavy atom. The summed E-state index contributed by atoms with van der Waals surface area (Å²) in [5.74, 6) is -3.49. The van der Waals surface area contributed by atoms with Crippen molar-refractivity contribution in [3.63, 3.8) is 0 Å². The monoisotopic (exact) mass is 644 g/mol. The Morgan fingerprint density at radius 1 is 0.830 bits per heavy atom. The van der Waals surface area contributed by atoms with E-state index in [1.807, 2.05) is 0 Å². The summed E-state index contributed by atoms with van der Waals surface area (Å²) in [4.78, 5) is 40.1. The van der Waals surface area contributed by atoms with Gasteiger partial charge in [0.2, 0.25) is 5.91 Å². The van der Waals surface area contributed by atoms with Gasteiger partial charge in [0, 0.05) is 41.0 Å². The largest absolute Gasteiger partial charge is 0.493 e. The summed E-state index contributed by atoms with van der Waals surface area (Å²) in [5, 5.41) is 16.6. The smallest absolute Gasteiger partial charge is 0.272 e. The number of nitrogens with zero attached hydrogens (tertiary/aromatic N) is 2. The Balaban J connectivity index is 1.19. The Bertz CT molecular complexity index is 2050. The SMILES string of the molecule is COc1cc2nccc(Oc3ccc(NC(=O)C4(NC(=O)c5ccc(F)cc5)CC4)cc3F)c2cc1Oc1ccc([N+](=O)[O-])cc1F. The number of nitro groups is 1. The summed E-state index contributed by atoms with van der Waals surface area (Å²) in [6.07, 6.45) is 2.17. The van der Waals surface area contributed by atoms with Gasteiger partial charge in [0.05, 0.1) is 23.6 Å². The minimum Gasteiger partial charge on any atom is -0.493 e. The fraction of sp³-hybridized carbons (Fsp3) is 0.121. The van der Waals surface area contributed by atoms with Crippen molar-refractivity contribution in [1.29, 1.82) is 0 Å². The van der Waals surface area contributed by atoms with E-state index in [2.05, 4.69) is 15.6 Å². The molecule has 0 saturated heterocycles. The van der Waals surface area contributed by atoms with Gasteiger partial charge in [-0.1, -0.05) is 0 Å². The first-order valence-corrected chi connectivity index (χ1v) is 14.0. The molecule has 14 heteroatoms. The lowest BCUT2D eigenvalue weighted by atomic mass is 10.1. The number of carbonyl (C=O) groups is 2. The molecule has 0 unspecified atom stereocenters. The predicted octanol–water partition coefficient (Wildman–Crippen LogP) is 7.05. The summed E-state index contributed by atoms with van der Waals surface area (Å²) >= 11 is 0. The maximum absolute atomic E-state index is 15.3. The number of non-ortho nitro benzene ring substituents is 1. The van der Waals surface area contributed by atoms with Gasteiger partial charge in [0.25, 0.3) is 11.6 Å². The van der Waals surface area contributed by atoms with E-state index >= 15 is 4.39 Å². The van der Waals surface area contributed by atoms with Crippen LogP contribution in [0.5, 0.6) is 28.7 Å². The number of amides is 2. The van der Waals surface area contributed by atoms with Crippen LogP contribution in [0.4, 0.5) is 24.5 Å². The van der Waals surface area contributed by atoms with Crippen LogP contribution < -0.4 is 24.8 Å². The number of pyridine rings is 1. The van der Waals surface area contributed by atoms with Gasteiger partial charge in [-0.15, -0.1) is 0 Å². The van der Waals surface area contributed by atoms with E-state index < -0.39 is 45.4 Å². The number of nitrogens with one attached hydrogen (secondary N) is 2. The number of methoxy groups -OCH3 is 1. The van der Waals surface area contributed by atoms with E-state index in [1.54, 1.807) is 0 Å². The normalized spacial score (nSPS) is 13.0. The molecule has 47 heavy (non-hydrogen) atoms. The Labute approximate surface area is 264 Å². The second kappa shape index (κ2) is 12.3. The van der Waals surface area contributed by atoms with Crippen LogP contribution in [0.1, 0.15) is 23.2 Å². The Morgan fingerprint density at radius 2 is 1.51 bits per heavy atom. The molecule has 6 rings (SSSR count). The lowest BCUT2D eigenvalue weighted by Crippen LogP contribution is -2.46. The summed E-state index contributed by atoms with van der Waals surface area (Å²) in [5.41, 5.74) is -0.943. The molecule has 0 radical (unpaired) electrons. The van der Waals surface area contributed by atoms with Crippen LogP contribution in [0.15, 0.2) is 85.1 Å². The zero-order valence-electron chi connectivity index (χ0n) is 24.4. The van der Waals surface area contributed by atoms with E-state index in [0.29, 0.717) is 23.7 Å². The van der Waals surface area contributed by atoms with E-state index in [1.165, 1.54) is 55.8 Å². The summed E-state index contributed by atoms with van der Waals surface area (Å²) in [7, 11) is 1.36. The highest BCUT2D eigenvalue weighted by Crippen LogP contribution is 2.41. The molecule has 1 aliphatic carbocycles. The molecule has 1 heterocycles. The first-order chi connectivity index (χ1) is 22.5. The molecule has 11 nitrogen and oxygen atoms in total. The maximum atomic E-state index is 15.3. The molecule has 0 bridgehead atoms. The average molecular weight is 645 g/mol. The molecular formula is C33H23F3N4O7. The number of fused-ring (bicyclic) bond motifs is 1. The molecule has 1 aliphatic rings. The Hall–Kier alpha value is -6.18. The molecule has 5 aromatic rings. The van der Waals surface area contributed by atoms with Crippen LogP contribution in [-0.4, -0.2) is 34.4 Å². The number of rotatable bonds is 10. The highest BCUT2D eigenvalue weighted by Gasteiger charge is 2.51. The third kappa shape index (κ3) is 6.47. The second-order valence-electron chi connectivity index (χ2n) is 10.5. The van der Waals surface area contributed by atoms with Gasteiger partial charge in [0.15, 0.2) is 34.6 Å². The van der Waals surface area contributed by atoms with Gasteiger partial charge in [-0.05, 0) is 67.4 Å². The van der Waals surface area contributed by atoms with Gasteiger partial charge in [-0.2, -0.15) is 0 Å². The predicted molar refractivity (Wildman–Crippen MR) is 162 cm³/mol.